The van der Waals surface area contributed by atoms with Crippen LogP contribution < -0.4 is 0 Å². The Morgan fingerprint density at radius 1 is 1.62 bits per heavy atom. The second-order valence-electron chi connectivity index (χ2n) is 3.90. The van der Waals surface area contributed by atoms with Crippen molar-refractivity contribution in [3.8, 4) is 0 Å². The summed E-state index contributed by atoms with van der Waals surface area (Å²) in [7, 11) is 0. The summed E-state index contributed by atoms with van der Waals surface area (Å²) >= 11 is 3.22. The Labute approximate surface area is 87.5 Å². The third kappa shape index (κ3) is 1.96. The van der Waals surface area contributed by atoms with Gasteiger partial charge in [-0.1, -0.05) is 35.9 Å². The van der Waals surface area contributed by atoms with E-state index in [1.807, 2.05) is 18.0 Å². The minimum absolute atomic E-state index is 0.0428. The second kappa shape index (κ2) is 3.82. The summed E-state index contributed by atoms with van der Waals surface area (Å²) in [5.74, 6) is 0.301. The normalized spacial score (nSPS) is 30.5. The number of halogens is 1. The fourth-order valence-electron chi connectivity index (χ4n) is 1.80. The van der Waals surface area contributed by atoms with Crippen molar-refractivity contribution in [3.63, 3.8) is 0 Å². The van der Waals surface area contributed by atoms with Gasteiger partial charge in [-0.25, -0.2) is 0 Å². The largest absolute Gasteiger partial charge is 0.466 e. The van der Waals surface area contributed by atoms with E-state index in [0.717, 1.165) is 0 Å². The first-order valence-corrected chi connectivity index (χ1v) is 5.40. The van der Waals surface area contributed by atoms with Crippen LogP contribution in [0, 0.1) is 17.3 Å². The number of esters is 1. The molecule has 1 saturated carbocycles. The van der Waals surface area contributed by atoms with E-state index in [-0.39, 0.29) is 17.3 Å². The van der Waals surface area contributed by atoms with Crippen molar-refractivity contribution in [2.24, 2.45) is 17.3 Å². The topological polar surface area (TPSA) is 26.3 Å². The molecule has 0 aliphatic heterocycles. The van der Waals surface area contributed by atoms with Crippen LogP contribution in [0.4, 0.5) is 0 Å². The Morgan fingerprint density at radius 2 is 2.23 bits per heavy atom. The van der Waals surface area contributed by atoms with E-state index in [0.29, 0.717) is 12.5 Å². The molecule has 0 aromatic rings. The van der Waals surface area contributed by atoms with Gasteiger partial charge < -0.3 is 4.74 Å². The predicted molar refractivity (Wildman–Crippen MR) is 55.5 cm³/mol. The molecule has 2 unspecified atom stereocenters. The molecule has 0 radical (unpaired) electrons. The number of carbonyl (C=O) groups is 1. The Bertz CT molecular complexity index is 233. The van der Waals surface area contributed by atoms with Crippen LogP contribution in [0.5, 0.6) is 0 Å². The number of hydrogen-bond acceptors (Lipinski definition) is 2. The molecule has 0 aromatic carbocycles. The highest BCUT2D eigenvalue weighted by atomic mass is 79.9. The monoisotopic (exact) mass is 246 g/mol. The summed E-state index contributed by atoms with van der Waals surface area (Å²) in [5, 5.41) is 0. The van der Waals surface area contributed by atoms with E-state index in [2.05, 4.69) is 29.8 Å². The van der Waals surface area contributed by atoms with Crippen LogP contribution in [0.1, 0.15) is 20.8 Å². The molecular formula is C10H15BrO2. The Balaban J connectivity index is 2.59. The van der Waals surface area contributed by atoms with Crippen LogP contribution in [0.25, 0.3) is 0 Å². The van der Waals surface area contributed by atoms with Crippen LogP contribution in [0.15, 0.2) is 11.1 Å². The highest BCUT2D eigenvalue weighted by Crippen LogP contribution is 2.59. The fraction of sp³-hybridized carbons (Fsp3) is 0.700. The van der Waals surface area contributed by atoms with Crippen LogP contribution in [-0.2, 0) is 9.53 Å². The van der Waals surface area contributed by atoms with Crippen LogP contribution in [0.2, 0.25) is 0 Å². The van der Waals surface area contributed by atoms with Crippen LogP contribution in [0.3, 0.4) is 0 Å². The van der Waals surface area contributed by atoms with Crippen molar-refractivity contribution in [2.75, 3.05) is 6.61 Å². The molecule has 2 nitrogen and oxygen atoms in total. The third-order valence-electron chi connectivity index (χ3n) is 2.73. The Kier molecular flexibility index (Phi) is 3.17. The summed E-state index contributed by atoms with van der Waals surface area (Å²) < 4.78 is 4.99. The van der Waals surface area contributed by atoms with Gasteiger partial charge in [0.1, 0.15) is 0 Å². The van der Waals surface area contributed by atoms with Crippen molar-refractivity contribution in [1.29, 1.82) is 0 Å². The number of rotatable bonds is 3. The van der Waals surface area contributed by atoms with Gasteiger partial charge in [-0.3, -0.25) is 4.79 Å². The van der Waals surface area contributed by atoms with Gasteiger partial charge in [0.15, 0.2) is 0 Å². The first kappa shape index (κ1) is 10.8. The second-order valence-corrected chi connectivity index (χ2v) is 4.42. The molecule has 3 heteroatoms. The third-order valence-corrected chi connectivity index (χ3v) is 3.04. The minimum atomic E-state index is -0.0666. The van der Waals surface area contributed by atoms with Gasteiger partial charge in [-0.15, -0.1) is 0 Å². The van der Waals surface area contributed by atoms with Crippen molar-refractivity contribution in [3.05, 3.63) is 11.1 Å². The molecule has 0 bridgehead atoms. The molecule has 0 spiro atoms. The first-order valence-electron chi connectivity index (χ1n) is 4.49. The molecule has 2 atom stereocenters. The molecule has 13 heavy (non-hydrogen) atoms. The first-order chi connectivity index (χ1) is 6.05. The highest BCUT2D eigenvalue weighted by Gasteiger charge is 2.61. The van der Waals surface area contributed by atoms with E-state index >= 15 is 0 Å². The predicted octanol–water partition coefficient (Wildman–Crippen LogP) is 2.73. The summed E-state index contributed by atoms with van der Waals surface area (Å²) in [5.41, 5.74) is 0.0660. The Morgan fingerprint density at radius 3 is 2.69 bits per heavy atom. The average Bonchev–Trinajstić information content (AvgIpc) is 2.55. The van der Waals surface area contributed by atoms with Gasteiger partial charge >= 0.3 is 5.97 Å². The molecule has 74 valence electrons. The van der Waals surface area contributed by atoms with E-state index in [4.69, 9.17) is 4.74 Å². The van der Waals surface area contributed by atoms with E-state index in [1.165, 1.54) is 0 Å². The van der Waals surface area contributed by atoms with Crippen molar-refractivity contribution < 1.29 is 9.53 Å². The van der Waals surface area contributed by atoms with Gasteiger partial charge in [0.05, 0.1) is 12.5 Å². The molecule has 1 fully saturated rings. The SMILES string of the molecule is CCOC(=O)C1C(/C=C/Br)C1(C)C. The zero-order valence-corrected chi connectivity index (χ0v) is 9.80. The maximum Gasteiger partial charge on any atom is 0.310 e. The molecule has 0 aromatic heterocycles. The maximum absolute atomic E-state index is 11.4. The Hall–Kier alpha value is -0.310. The van der Waals surface area contributed by atoms with Gasteiger partial charge in [0.25, 0.3) is 0 Å². The maximum atomic E-state index is 11.4. The molecular weight excluding hydrogens is 232 g/mol. The number of carbonyl (C=O) groups excluding carboxylic acids is 1. The van der Waals surface area contributed by atoms with Gasteiger partial charge in [0, 0.05) is 0 Å². The lowest BCUT2D eigenvalue weighted by molar-refractivity contribution is -0.145. The lowest BCUT2D eigenvalue weighted by atomic mass is 10.1. The van der Waals surface area contributed by atoms with Crippen molar-refractivity contribution >= 4 is 21.9 Å². The van der Waals surface area contributed by atoms with Gasteiger partial charge in [-0.05, 0) is 23.2 Å². The smallest absolute Gasteiger partial charge is 0.310 e. The van der Waals surface area contributed by atoms with Crippen molar-refractivity contribution in [1.82, 2.24) is 0 Å². The van der Waals surface area contributed by atoms with Gasteiger partial charge in [-0.2, -0.15) is 0 Å². The minimum Gasteiger partial charge on any atom is -0.466 e. The summed E-state index contributed by atoms with van der Waals surface area (Å²) in [6.45, 7) is 6.48. The van der Waals surface area contributed by atoms with Crippen LogP contribution in [-0.4, -0.2) is 12.6 Å². The molecule has 1 rings (SSSR count). The van der Waals surface area contributed by atoms with Gasteiger partial charge in [0.2, 0.25) is 0 Å². The average molecular weight is 247 g/mol. The molecule has 0 heterocycles. The molecule has 0 N–H and O–H groups in total. The van der Waals surface area contributed by atoms with E-state index < -0.39 is 0 Å². The summed E-state index contributed by atoms with van der Waals surface area (Å²) in [6, 6.07) is 0. The molecule has 1 aliphatic rings. The number of allylic oxidation sites excluding steroid dienone is 1. The van der Waals surface area contributed by atoms with E-state index in [9.17, 15) is 4.79 Å². The quantitative estimate of drug-likeness (QED) is 0.717. The lowest BCUT2D eigenvalue weighted by Crippen LogP contribution is -2.10. The standard InChI is InChI=1S/C10H15BrO2/c1-4-13-9(12)8-7(5-6-11)10(8,2)3/h5-8H,4H2,1-3H3/b6-5+. The molecule has 1 aliphatic carbocycles. The number of ether oxygens (including phenoxy) is 1. The lowest BCUT2D eigenvalue weighted by Gasteiger charge is -2.01. The molecule has 0 saturated heterocycles. The van der Waals surface area contributed by atoms with E-state index in [1.54, 1.807) is 0 Å². The van der Waals surface area contributed by atoms with Crippen molar-refractivity contribution in [2.45, 2.75) is 20.8 Å². The molecule has 0 amide bonds. The summed E-state index contributed by atoms with van der Waals surface area (Å²) in [6.07, 6.45) is 2.02. The highest BCUT2D eigenvalue weighted by molar-refractivity contribution is 9.11. The zero-order chi connectivity index (χ0) is 10.1. The van der Waals surface area contributed by atoms with Crippen LogP contribution >= 0.6 is 15.9 Å². The zero-order valence-electron chi connectivity index (χ0n) is 8.21. The number of hydrogen-bond donors (Lipinski definition) is 0. The fourth-order valence-corrected chi connectivity index (χ4v) is 2.13. The summed E-state index contributed by atoms with van der Waals surface area (Å²) in [4.78, 5) is 13.3.